The van der Waals surface area contributed by atoms with E-state index in [1.807, 2.05) is 13.8 Å². The summed E-state index contributed by atoms with van der Waals surface area (Å²) in [5.41, 5.74) is 3.12. The number of rotatable bonds is 2. The molecule has 1 heterocycles. The van der Waals surface area contributed by atoms with Crippen LogP contribution in [-0.2, 0) is 4.79 Å². The van der Waals surface area contributed by atoms with Crippen LogP contribution in [-0.4, -0.2) is 23.5 Å². The van der Waals surface area contributed by atoms with E-state index in [1.54, 1.807) is 5.01 Å². The minimum absolute atomic E-state index is 0.241. The predicted octanol–water partition coefficient (Wildman–Crippen LogP) is 0.912. The van der Waals surface area contributed by atoms with E-state index >= 15 is 0 Å². The van der Waals surface area contributed by atoms with Crippen molar-refractivity contribution in [2.75, 3.05) is 6.54 Å². The average Bonchev–Trinajstić information content (AvgIpc) is 1.93. The molecule has 0 radical (unpaired) electrons. The summed E-state index contributed by atoms with van der Waals surface area (Å²) in [6.07, 6.45) is 2.89. The summed E-state index contributed by atoms with van der Waals surface area (Å²) >= 11 is 0. The molecular formula is C8H16N2O. The number of hydrogen-bond donors (Lipinski definition) is 1. The monoisotopic (exact) mass is 156 g/mol. The predicted molar refractivity (Wildman–Crippen MR) is 43.8 cm³/mol. The second kappa shape index (κ2) is 3.72. The molecule has 0 spiro atoms. The zero-order valence-electron chi connectivity index (χ0n) is 7.26. The van der Waals surface area contributed by atoms with Crippen LogP contribution in [0.5, 0.6) is 0 Å². The topological polar surface area (TPSA) is 32.3 Å². The van der Waals surface area contributed by atoms with E-state index in [1.165, 1.54) is 0 Å². The summed E-state index contributed by atoms with van der Waals surface area (Å²) in [4.78, 5) is 11.2. The standard InChI is InChI=1S/C8H16N2O/c1-7(2)9-10-6-4-3-5-8(10)11/h7,9H,3-6H2,1-2H3. The first-order chi connectivity index (χ1) is 5.20. The fourth-order valence-corrected chi connectivity index (χ4v) is 1.25. The lowest BCUT2D eigenvalue weighted by atomic mass is 10.1. The lowest BCUT2D eigenvalue weighted by Crippen LogP contribution is -2.48. The Morgan fingerprint density at radius 3 is 2.73 bits per heavy atom. The maximum atomic E-state index is 11.2. The first-order valence-electron chi connectivity index (χ1n) is 4.26. The van der Waals surface area contributed by atoms with Gasteiger partial charge in [0.15, 0.2) is 0 Å². The van der Waals surface area contributed by atoms with Crippen LogP contribution in [0.2, 0.25) is 0 Å². The van der Waals surface area contributed by atoms with Gasteiger partial charge in [0.1, 0.15) is 0 Å². The molecule has 0 bridgehead atoms. The molecular weight excluding hydrogens is 140 g/mol. The third-order valence-electron chi connectivity index (χ3n) is 1.74. The molecule has 0 atom stereocenters. The van der Waals surface area contributed by atoms with Crippen LogP contribution >= 0.6 is 0 Å². The highest BCUT2D eigenvalue weighted by atomic mass is 16.2. The zero-order valence-corrected chi connectivity index (χ0v) is 7.26. The van der Waals surface area contributed by atoms with Gasteiger partial charge in [-0.3, -0.25) is 9.80 Å². The zero-order chi connectivity index (χ0) is 8.27. The van der Waals surface area contributed by atoms with Crippen molar-refractivity contribution in [1.29, 1.82) is 0 Å². The number of nitrogens with zero attached hydrogens (tertiary/aromatic N) is 1. The Bertz CT molecular complexity index is 145. The second-order valence-corrected chi connectivity index (χ2v) is 3.29. The molecule has 0 aromatic heterocycles. The van der Waals surface area contributed by atoms with Gasteiger partial charge in [-0.2, -0.15) is 0 Å². The number of hydrogen-bond acceptors (Lipinski definition) is 2. The van der Waals surface area contributed by atoms with Crippen LogP contribution in [0.25, 0.3) is 0 Å². The van der Waals surface area contributed by atoms with Crippen LogP contribution in [0.1, 0.15) is 33.1 Å². The molecule has 3 heteroatoms. The maximum absolute atomic E-state index is 11.2. The van der Waals surface area contributed by atoms with E-state index in [0.29, 0.717) is 12.5 Å². The van der Waals surface area contributed by atoms with E-state index in [0.717, 1.165) is 19.4 Å². The summed E-state index contributed by atoms with van der Waals surface area (Å²) in [5.74, 6) is 0.241. The van der Waals surface area contributed by atoms with Crippen molar-refractivity contribution < 1.29 is 4.79 Å². The van der Waals surface area contributed by atoms with E-state index in [4.69, 9.17) is 0 Å². The van der Waals surface area contributed by atoms with Gasteiger partial charge in [-0.25, -0.2) is 5.43 Å². The third-order valence-corrected chi connectivity index (χ3v) is 1.74. The molecule has 0 aliphatic carbocycles. The van der Waals surface area contributed by atoms with Gasteiger partial charge in [0.25, 0.3) is 0 Å². The van der Waals surface area contributed by atoms with Gasteiger partial charge < -0.3 is 0 Å². The molecule has 1 saturated heterocycles. The van der Waals surface area contributed by atoms with Gasteiger partial charge in [0.05, 0.1) is 0 Å². The van der Waals surface area contributed by atoms with Crippen molar-refractivity contribution >= 4 is 5.91 Å². The van der Waals surface area contributed by atoms with Crippen LogP contribution in [0.15, 0.2) is 0 Å². The quantitative estimate of drug-likeness (QED) is 0.644. The van der Waals surface area contributed by atoms with Crippen LogP contribution < -0.4 is 5.43 Å². The highest BCUT2D eigenvalue weighted by molar-refractivity contribution is 5.76. The number of amides is 1. The number of carbonyl (C=O) groups is 1. The molecule has 64 valence electrons. The smallest absolute Gasteiger partial charge is 0.236 e. The van der Waals surface area contributed by atoms with Gasteiger partial charge in [-0.15, -0.1) is 0 Å². The van der Waals surface area contributed by atoms with E-state index in [-0.39, 0.29) is 5.91 Å². The SMILES string of the molecule is CC(C)NN1CCCCC1=O. The fourth-order valence-electron chi connectivity index (χ4n) is 1.25. The fraction of sp³-hybridized carbons (Fsp3) is 0.875. The number of piperidine rings is 1. The van der Waals surface area contributed by atoms with Gasteiger partial charge in [0.2, 0.25) is 5.91 Å². The molecule has 1 fully saturated rings. The molecule has 0 unspecified atom stereocenters. The first-order valence-corrected chi connectivity index (χ1v) is 4.26. The van der Waals surface area contributed by atoms with Crippen LogP contribution in [0.3, 0.4) is 0 Å². The molecule has 1 aliphatic heterocycles. The number of hydrazine groups is 1. The Labute approximate surface area is 67.7 Å². The molecule has 1 rings (SSSR count). The third kappa shape index (κ3) is 2.50. The minimum Gasteiger partial charge on any atom is -0.278 e. The Morgan fingerprint density at radius 2 is 2.18 bits per heavy atom. The van der Waals surface area contributed by atoms with E-state index in [9.17, 15) is 4.79 Å². The summed E-state index contributed by atoms with van der Waals surface area (Å²) in [6.45, 7) is 4.96. The largest absolute Gasteiger partial charge is 0.278 e. The van der Waals surface area contributed by atoms with Crippen LogP contribution in [0.4, 0.5) is 0 Å². The Balaban J connectivity index is 2.36. The van der Waals surface area contributed by atoms with Crippen molar-refractivity contribution in [3.05, 3.63) is 0 Å². The summed E-state index contributed by atoms with van der Waals surface area (Å²) in [6, 6.07) is 0.358. The van der Waals surface area contributed by atoms with Crippen molar-refractivity contribution in [2.24, 2.45) is 0 Å². The molecule has 1 amide bonds. The highest BCUT2D eigenvalue weighted by Gasteiger charge is 2.17. The van der Waals surface area contributed by atoms with Gasteiger partial charge in [-0.05, 0) is 26.7 Å². The van der Waals surface area contributed by atoms with Crippen molar-refractivity contribution in [3.63, 3.8) is 0 Å². The molecule has 3 nitrogen and oxygen atoms in total. The lowest BCUT2D eigenvalue weighted by molar-refractivity contribution is -0.137. The first kappa shape index (κ1) is 8.53. The molecule has 0 saturated carbocycles. The molecule has 0 aromatic carbocycles. The van der Waals surface area contributed by atoms with E-state index in [2.05, 4.69) is 5.43 Å². The van der Waals surface area contributed by atoms with Gasteiger partial charge in [0, 0.05) is 19.0 Å². The van der Waals surface area contributed by atoms with E-state index < -0.39 is 0 Å². The second-order valence-electron chi connectivity index (χ2n) is 3.29. The Hall–Kier alpha value is -0.570. The molecule has 1 aliphatic rings. The van der Waals surface area contributed by atoms with Crippen LogP contribution in [0, 0.1) is 0 Å². The Morgan fingerprint density at radius 1 is 1.45 bits per heavy atom. The van der Waals surface area contributed by atoms with Gasteiger partial charge >= 0.3 is 0 Å². The summed E-state index contributed by atoms with van der Waals surface area (Å²) in [5, 5.41) is 1.74. The normalized spacial score (nSPS) is 19.5. The average molecular weight is 156 g/mol. The lowest BCUT2D eigenvalue weighted by Gasteiger charge is -2.28. The molecule has 1 N–H and O–H groups in total. The Kier molecular flexibility index (Phi) is 2.88. The van der Waals surface area contributed by atoms with Crippen molar-refractivity contribution in [3.8, 4) is 0 Å². The van der Waals surface area contributed by atoms with Crippen molar-refractivity contribution in [1.82, 2.24) is 10.4 Å². The van der Waals surface area contributed by atoms with Gasteiger partial charge in [-0.1, -0.05) is 0 Å². The molecule has 0 aromatic rings. The maximum Gasteiger partial charge on any atom is 0.236 e. The molecule has 11 heavy (non-hydrogen) atoms. The number of carbonyl (C=O) groups excluding carboxylic acids is 1. The summed E-state index contributed by atoms with van der Waals surface area (Å²) in [7, 11) is 0. The summed E-state index contributed by atoms with van der Waals surface area (Å²) < 4.78 is 0. The highest BCUT2D eigenvalue weighted by Crippen LogP contribution is 2.07. The number of nitrogens with one attached hydrogen (secondary N) is 1. The minimum atomic E-state index is 0.241. The van der Waals surface area contributed by atoms with Crippen molar-refractivity contribution in [2.45, 2.75) is 39.2 Å².